The number of fused-ring (bicyclic) bond motifs is 1. The molecule has 1 fully saturated rings. The number of rotatable bonds is 7. The molecule has 6 nitrogen and oxygen atoms in total. The minimum atomic E-state index is -0.233. The number of benzene rings is 3. The zero-order chi connectivity index (χ0) is 26.5. The van der Waals surface area contributed by atoms with Gasteiger partial charge in [0.25, 0.3) is 11.8 Å². The van der Waals surface area contributed by atoms with Gasteiger partial charge in [0.1, 0.15) is 5.75 Å². The van der Waals surface area contributed by atoms with Crippen molar-refractivity contribution in [3.8, 4) is 5.75 Å². The second-order valence-corrected chi connectivity index (χ2v) is 10.1. The van der Waals surface area contributed by atoms with Crippen molar-refractivity contribution in [1.29, 1.82) is 0 Å². The second-order valence-electron chi connectivity index (χ2n) is 10.1. The summed E-state index contributed by atoms with van der Waals surface area (Å²) in [7, 11) is 0. The van der Waals surface area contributed by atoms with E-state index in [1.54, 1.807) is 0 Å². The summed E-state index contributed by atoms with van der Waals surface area (Å²) in [6.45, 7) is 10.4. The molecule has 3 aromatic rings. The lowest BCUT2D eigenvalue weighted by molar-refractivity contribution is -0.135. The molecule has 1 saturated heterocycles. The number of carbonyl (C=O) groups is 2. The molecule has 0 radical (unpaired) electrons. The van der Waals surface area contributed by atoms with Gasteiger partial charge in [-0.1, -0.05) is 60.2 Å². The van der Waals surface area contributed by atoms with E-state index >= 15 is 0 Å². The molecule has 0 saturated carbocycles. The molecule has 0 aliphatic carbocycles. The van der Waals surface area contributed by atoms with Gasteiger partial charge in [0.05, 0.1) is 6.04 Å². The Kier molecular flexibility index (Phi) is 7.89. The molecule has 0 N–H and O–H groups in total. The molecule has 1 atom stereocenters. The number of carbonyl (C=O) groups excluding carboxylic acids is 2. The highest BCUT2D eigenvalue weighted by Gasteiger charge is 2.33. The van der Waals surface area contributed by atoms with Crippen LogP contribution in [0, 0.1) is 6.92 Å². The predicted octanol–water partition coefficient (Wildman–Crippen LogP) is 4.49. The van der Waals surface area contributed by atoms with Crippen molar-refractivity contribution < 1.29 is 14.3 Å². The fourth-order valence-corrected chi connectivity index (χ4v) is 5.45. The predicted molar refractivity (Wildman–Crippen MR) is 149 cm³/mol. The summed E-state index contributed by atoms with van der Waals surface area (Å²) in [5, 5.41) is 0. The molecule has 6 heteroatoms. The Morgan fingerprint density at radius 1 is 0.947 bits per heavy atom. The summed E-state index contributed by atoms with van der Waals surface area (Å²) in [6, 6.07) is 23.6. The third kappa shape index (κ3) is 5.65. The topological polar surface area (TPSA) is 53.1 Å². The van der Waals surface area contributed by atoms with E-state index in [-0.39, 0.29) is 24.5 Å². The lowest BCUT2D eigenvalue weighted by Gasteiger charge is -2.38. The lowest BCUT2D eigenvalue weighted by Crippen LogP contribution is -2.49. The highest BCUT2D eigenvalue weighted by Crippen LogP contribution is 2.38. The molecular formula is C32H35N3O3. The average molecular weight is 510 g/mol. The quantitative estimate of drug-likeness (QED) is 0.441. The summed E-state index contributed by atoms with van der Waals surface area (Å²) in [4.78, 5) is 32.6. The van der Waals surface area contributed by atoms with Crippen molar-refractivity contribution in [3.05, 3.63) is 113 Å². The van der Waals surface area contributed by atoms with Gasteiger partial charge in [0.15, 0.2) is 6.61 Å². The molecule has 0 aromatic heterocycles. The van der Waals surface area contributed by atoms with Crippen LogP contribution in [0.15, 0.2) is 85.5 Å². The van der Waals surface area contributed by atoms with Gasteiger partial charge in [-0.05, 0) is 54.3 Å². The van der Waals surface area contributed by atoms with Crippen LogP contribution >= 0.6 is 0 Å². The monoisotopic (exact) mass is 509 g/mol. The normalized spacial score (nSPS) is 17.6. The summed E-state index contributed by atoms with van der Waals surface area (Å²) >= 11 is 0. The van der Waals surface area contributed by atoms with Crippen molar-refractivity contribution in [1.82, 2.24) is 14.7 Å². The van der Waals surface area contributed by atoms with Crippen molar-refractivity contribution in [2.24, 2.45) is 0 Å². The molecule has 3 aromatic carbocycles. The van der Waals surface area contributed by atoms with E-state index in [9.17, 15) is 9.59 Å². The minimum Gasteiger partial charge on any atom is -0.484 e. The maximum absolute atomic E-state index is 13.7. The van der Waals surface area contributed by atoms with E-state index in [0.29, 0.717) is 30.9 Å². The maximum atomic E-state index is 13.7. The van der Waals surface area contributed by atoms with Gasteiger partial charge in [0, 0.05) is 44.8 Å². The highest BCUT2D eigenvalue weighted by atomic mass is 16.5. The molecule has 38 heavy (non-hydrogen) atoms. The first-order chi connectivity index (χ1) is 18.5. The Balaban J connectivity index is 1.37. The SMILES string of the molecule is C=CCN1CCN(C(=O)COc2ccc3c(c2)[C@@H](c2cccc(C)c2)N(C(=O)c2ccccc2)CC3)CC1. The molecule has 0 unspecified atom stereocenters. The van der Waals surface area contributed by atoms with Crippen LogP contribution in [0.25, 0.3) is 0 Å². The summed E-state index contributed by atoms with van der Waals surface area (Å²) in [6.07, 6.45) is 2.67. The van der Waals surface area contributed by atoms with Gasteiger partial charge >= 0.3 is 0 Å². The Hall–Kier alpha value is -3.90. The number of amides is 2. The molecule has 2 amide bonds. The zero-order valence-corrected chi connectivity index (χ0v) is 22.0. The highest BCUT2D eigenvalue weighted by molar-refractivity contribution is 5.95. The van der Waals surface area contributed by atoms with Gasteiger partial charge in [-0.2, -0.15) is 0 Å². The van der Waals surface area contributed by atoms with Crippen LogP contribution in [0.2, 0.25) is 0 Å². The van der Waals surface area contributed by atoms with E-state index in [1.165, 1.54) is 5.56 Å². The average Bonchev–Trinajstić information content (AvgIpc) is 2.96. The van der Waals surface area contributed by atoms with E-state index in [2.05, 4.69) is 42.7 Å². The van der Waals surface area contributed by atoms with Crippen LogP contribution in [-0.4, -0.2) is 72.4 Å². The number of nitrogens with zero attached hydrogens (tertiary/aromatic N) is 3. The van der Waals surface area contributed by atoms with Gasteiger partial charge in [0.2, 0.25) is 0 Å². The lowest BCUT2D eigenvalue weighted by atomic mass is 9.87. The second kappa shape index (κ2) is 11.7. The fraction of sp³-hybridized carbons (Fsp3) is 0.312. The first-order valence-corrected chi connectivity index (χ1v) is 13.3. The van der Waals surface area contributed by atoms with Crippen LogP contribution in [0.1, 0.15) is 38.7 Å². The van der Waals surface area contributed by atoms with Crippen LogP contribution < -0.4 is 4.74 Å². The van der Waals surface area contributed by atoms with Crippen molar-refractivity contribution in [2.45, 2.75) is 19.4 Å². The van der Waals surface area contributed by atoms with E-state index in [4.69, 9.17) is 4.74 Å². The molecule has 196 valence electrons. The Morgan fingerprint density at radius 3 is 2.47 bits per heavy atom. The molecule has 0 spiro atoms. The van der Waals surface area contributed by atoms with Crippen LogP contribution in [0.4, 0.5) is 0 Å². The van der Waals surface area contributed by atoms with Gasteiger partial charge in [-0.25, -0.2) is 0 Å². The first kappa shape index (κ1) is 25.7. The third-order valence-electron chi connectivity index (χ3n) is 7.46. The standard InChI is InChI=1S/C32H35N3O3/c1-3-15-33-17-19-34(20-18-33)30(36)23-38-28-13-12-25-14-16-35(32(37)26-9-5-4-6-10-26)31(29(25)22-28)27-11-7-8-24(2)21-27/h3-13,21-22,31H,1,14-20,23H2,2H3/t31-/m1/s1. The van der Waals surface area contributed by atoms with Gasteiger partial charge in [-0.3, -0.25) is 14.5 Å². The van der Waals surface area contributed by atoms with Crippen molar-refractivity contribution in [3.63, 3.8) is 0 Å². The van der Waals surface area contributed by atoms with Crippen LogP contribution in [-0.2, 0) is 11.2 Å². The first-order valence-electron chi connectivity index (χ1n) is 13.3. The molecule has 2 aliphatic heterocycles. The van der Waals surface area contributed by atoms with Gasteiger partial charge in [-0.15, -0.1) is 6.58 Å². The zero-order valence-electron chi connectivity index (χ0n) is 22.0. The summed E-state index contributed by atoms with van der Waals surface area (Å²) < 4.78 is 6.03. The van der Waals surface area contributed by atoms with Crippen molar-refractivity contribution >= 4 is 11.8 Å². The molecule has 2 heterocycles. The van der Waals surface area contributed by atoms with E-state index < -0.39 is 0 Å². The van der Waals surface area contributed by atoms with Crippen molar-refractivity contribution in [2.75, 3.05) is 45.9 Å². The number of ether oxygens (including phenoxy) is 1. The third-order valence-corrected chi connectivity index (χ3v) is 7.46. The Labute approximate surface area is 225 Å². The Bertz CT molecular complexity index is 1300. The maximum Gasteiger partial charge on any atom is 0.260 e. The molecule has 0 bridgehead atoms. The van der Waals surface area contributed by atoms with Crippen LogP contribution in [0.5, 0.6) is 5.75 Å². The van der Waals surface area contributed by atoms with Crippen LogP contribution in [0.3, 0.4) is 0 Å². The number of hydrogen-bond donors (Lipinski definition) is 0. The fourth-order valence-electron chi connectivity index (χ4n) is 5.45. The minimum absolute atomic E-state index is 0.00200. The number of piperazine rings is 1. The number of aryl methyl sites for hydroxylation is 1. The summed E-state index contributed by atoms with van der Waals surface area (Å²) in [5.74, 6) is 0.658. The smallest absolute Gasteiger partial charge is 0.260 e. The summed E-state index contributed by atoms with van der Waals surface area (Å²) in [5.41, 5.74) is 5.15. The molecule has 5 rings (SSSR count). The largest absolute Gasteiger partial charge is 0.484 e. The van der Waals surface area contributed by atoms with Gasteiger partial charge < -0.3 is 14.5 Å². The molecule has 2 aliphatic rings. The molecular weight excluding hydrogens is 474 g/mol. The number of hydrogen-bond acceptors (Lipinski definition) is 4. The Morgan fingerprint density at radius 2 is 1.74 bits per heavy atom. The van der Waals surface area contributed by atoms with E-state index in [1.807, 2.05) is 64.4 Å². The van der Waals surface area contributed by atoms with E-state index in [0.717, 1.165) is 42.7 Å².